The van der Waals surface area contributed by atoms with Crippen molar-refractivity contribution in [2.24, 2.45) is 5.92 Å². The summed E-state index contributed by atoms with van der Waals surface area (Å²) >= 11 is 1.86. The Kier molecular flexibility index (Phi) is 7.67. The van der Waals surface area contributed by atoms with Crippen molar-refractivity contribution >= 4 is 16.5 Å². The molecule has 1 aromatic rings. The van der Waals surface area contributed by atoms with Gasteiger partial charge in [0, 0.05) is 24.5 Å². The third kappa shape index (κ3) is 4.96. The first-order chi connectivity index (χ1) is 9.92. The van der Waals surface area contributed by atoms with E-state index in [2.05, 4.69) is 58.8 Å². The molecule has 3 nitrogen and oxygen atoms in total. The molecule has 2 unspecified atom stereocenters. The largest absolute Gasteiger partial charge is 0.348 e. The lowest BCUT2D eigenvalue weighted by molar-refractivity contribution is 0.504. The fourth-order valence-corrected chi connectivity index (χ4v) is 3.41. The van der Waals surface area contributed by atoms with Crippen LogP contribution in [0.25, 0.3) is 0 Å². The van der Waals surface area contributed by atoms with E-state index in [4.69, 9.17) is 4.98 Å². The van der Waals surface area contributed by atoms with Crippen molar-refractivity contribution in [3.63, 3.8) is 0 Å². The molecule has 1 rings (SSSR count). The first-order valence-electron chi connectivity index (χ1n) is 8.35. The predicted molar refractivity (Wildman–Crippen MR) is 95.5 cm³/mol. The van der Waals surface area contributed by atoms with Gasteiger partial charge >= 0.3 is 0 Å². The van der Waals surface area contributed by atoms with Crippen LogP contribution in [-0.4, -0.2) is 24.6 Å². The van der Waals surface area contributed by atoms with E-state index in [9.17, 15) is 0 Å². The van der Waals surface area contributed by atoms with Gasteiger partial charge in [-0.2, -0.15) is 0 Å². The highest BCUT2D eigenvalue weighted by molar-refractivity contribution is 7.15. The van der Waals surface area contributed by atoms with E-state index in [0.717, 1.165) is 19.5 Å². The molecule has 0 aromatic carbocycles. The van der Waals surface area contributed by atoms with E-state index >= 15 is 0 Å². The maximum Gasteiger partial charge on any atom is 0.185 e. The zero-order chi connectivity index (χ0) is 16.0. The molecule has 0 aliphatic carbocycles. The average Bonchev–Trinajstić information content (AvgIpc) is 2.89. The Morgan fingerprint density at radius 1 is 1.19 bits per heavy atom. The zero-order valence-electron chi connectivity index (χ0n) is 14.9. The van der Waals surface area contributed by atoms with Gasteiger partial charge in [0.05, 0.1) is 5.69 Å². The summed E-state index contributed by atoms with van der Waals surface area (Å²) in [4.78, 5) is 8.72. The van der Waals surface area contributed by atoms with Crippen molar-refractivity contribution < 1.29 is 0 Å². The maximum absolute atomic E-state index is 4.97. The van der Waals surface area contributed by atoms with Gasteiger partial charge in [-0.25, -0.2) is 4.98 Å². The van der Waals surface area contributed by atoms with Crippen molar-refractivity contribution in [1.82, 2.24) is 10.3 Å². The fourth-order valence-electron chi connectivity index (χ4n) is 2.21. The van der Waals surface area contributed by atoms with Crippen LogP contribution in [0, 0.1) is 5.92 Å². The summed E-state index contributed by atoms with van der Waals surface area (Å²) in [5.74, 6) is 1.17. The summed E-state index contributed by atoms with van der Waals surface area (Å²) in [5, 5.41) is 4.69. The number of nitrogens with zero attached hydrogens (tertiary/aromatic N) is 2. The fraction of sp³-hybridized carbons (Fsp3) is 0.824. The lowest BCUT2D eigenvalue weighted by atomic mass is 10.0. The molecular weight excluding hydrogens is 278 g/mol. The van der Waals surface area contributed by atoms with Gasteiger partial charge in [-0.05, 0) is 38.1 Å². The van der Waals surface area contributed by atoms with Crippen molar-refractivity contribution in [1.29, 1.82) is 0 Å². The summed E-state index contributed by atoms with van der Waals surface area (Å²) in [5.41, 5.74) is 1.30. The molecule has 4 heteroatoms. The molecule has 0 saturated carbocycles. The molecule has 2 atom stereocenters. The third-order valence-corrected chi connectivity index (χ3v) is 5.55. The summed E-state index contributed by atoms with van der Waals surface area (Å²) < 4.78 is 0. The summed E-state index contributed by atoms with van der Waals surface area (Å²) in [6, 6.07) is 0.511. The quantitative estimate of drug-likeness (QED) is 0.674. The molecule has 0 aliphatic heterocycles. The van der Waals surface area contributed by atoms with E-state index < -0.39 is 0 Å². The molecular formula is C17H33N3S. The predicted octanol–water partition coefficient (Wildman–Crippen LogP) is 4.64. The van der Waals surface area contributed by atoms with Crippen molar-refractivity contribution in [3.8, 4) is 0 Å². The van der Waals surface area contributed by atoms with Crippen molar-refractivity contribution in [2.75, 3.05) is 18.5 Å². The number of rotatable bonds is 9. The van der Waals surface area contributed by atoms with Crippen LogP contribution in [0.3, 0.4) is 0 Å². The highest BCUT2D eigenvalue weighted by Gasteiger charge is 2.21. The number of nitrogens with one attached hydrogen (secondary N) is 1. The molecule has 122 valence electrons. The van der Waals surface area contributed by atoms with Gasteiger partial charge in [-0.3, -0.25) is 0 Å². The smallest absolute Gasteiger partial charge is 0.185 e. The van der Waals surface area contributed by atoms with Gasteiger partial charge < -0.3 is 10.2 Å². The van der Waals surface area contributed by atoms with E-state index in [1.165, 1.54) is 22.1 Å². The summed E-state index contributed by atoms with van der Waals surface area (Å²) in [6.45, 7) is 15.6. The minimum Gasteiger partial charge on any atom is -0.348 e. The van der Waals surface area contributed by atoms with Crippen molar-refractivity contribution in [3.05, 3.63) is 10.6 Å². The Morgan fingerprint density at radius 3 is 2.38 bits per heavy atom. The van der Waals surface area contributed by atoms with Crippen LogP contribution in [0.5, 0.6) is 0 Å². The minimum atomic E-state index is 0.511. The van der Waals surface area contributed by atoms with Crippen LogP contribution in [0.4, 0.5) is 5.13 Å². The van der Waals surface area contributed by atoms with E-state index in [-0.39, 0.29) is 0 Å². The number of anilines is 1. The molecule has 0 radical (unpaired) electrons. The second-order valence-electron chi connectivity index (χ2n) is 6.39. The molecule has 1 N–H and O–H groups in total. The highest BCUT2D eigenvalue weighted by atomic mass is 32.1. The van der Waals surface area contributed by atoms with Gasteiger partial charge in [0.1, 0.15) is 0 Å². The van der Waals surface area contributed by atoms with E-state index in [0.29, 0.717) is 17.9 Å². The standard InChI is InChI=1S/C17H33N3S/c1-8-10-18-11-15-16(13(5)9-2)19-17(21-15)20(7)14(6)12(3)4/h12-14,18H,8-11H2,1-7H3. The summed E-state index contributed by atoms with van der Waals surface area (Å²) in [7, 11) is 2.17. The molecule has 0 spiro atoms. The number of hydrogen-bond donors (Lipinski definition) is 1. The normalized spacial score (nSPS) is 14.5. The molecule has 1 aromatic heterocycles. The van der Waals surface area contributed by atoms with Crippen LogP contribution in [0.1, 0.15) is 70.9 Å². The first kappa shape index (κ1) is 18.4. The van der Waals surface area contributed by atoms with Crippen LogP contribution in [0.2, 0.25) is 0 Å². The Hall–Kier alpha value is -0.610. The molecule has 0 aliphatic rings. The summed E-state index contributed by atoms with van der Waals surface area (Å²) in [6.07, 6.45) is 2.32. The Morgan fingerprint density at radius 2 is 1.86 bits per heavy atom. The van der Waals surface area contributed by atoms with Gasteiger partial charge in [0.15, 0.2) is 5.13 Å². The van der Waals surface area contributed by atoms with Crippen LogP contribution >= 0.6 is 11.3 Å². The average molecular weight is 312 g/mol. The molecule has 0 saturated heterocycles. The molecule has 0 fully saturated rings. The molecule has 0 amide bonds. The monoisotopic (exact) mass is 311 g/mol. The first-order valence-corrected chi connectivity index (χ1v) is 9.17. The minimum absolute atomic E-state index is 0.511. The second kappa shape index (κ2) is 8.74. The number of aromatic nitrogens is 1. The Balaban J connectivity index is 2.95. The second-order valence-corrected chi connectivity index (χ2v) is 7.45. The highest BCUT2D eigenvalue weighted by Crippen LogP contribution is 2.33. The maximum atomic E-state index is 4.97. The van der Waals surface area contributed by atoms with Crippen LogP contribution in [-0.2, 0) is 6.54 Å². The number of hydrogen-bond acceptors (Lipinski definition) is 4. The lowest BCUT2D eigenvalue weighted by Gasteiger charge is -2.27. The Bertz CT molecular complexity index is 414. The van der Waals surface area contributed by atoms with Gasteiger partial charge in [0.2, 0.25) is 0 Å². The zero-order valence-corrected chi connectivity index (χ0v) is 15.7. The van der Waals surface area contributed by atoms with Gasteiger partial charge in [0.25, 0.3) is 0 Å². The molecule has 21 heavy (non-hydrogen) atoms. The molecule has 1 heterocycles. The Labute approximate surface area is 135 Å². The molecule has 0 bridgehead atoms. The number of thiazole rings is 1. The van der Waals surface area contributed by atoms with Crippen LogP contribution < -0.4 is 10.2 Å². The SMILES string of the molecule is CCCNCc1sc(N(C)C(C)C(C)C)nc1C(C)CC. The lowest BCUT2D eigenvalue weighted by Crippen LogP contribution is -2.33. The van der Waals surface area contributed by atoms with Gasteiger partial charge in [-0.1, -0.05) is 34.6 Å². The van der Waals surface area contributed by atoms with Gasteiger partial charge in [-0.15, -0.1) is 11.3 Å². The topological polar surface area (TPSA) is 28.2 Å². The van der Waals surface area contributed by atoms with E-state index in [1.807, 2.05) is 11.3 Å². The van der Waals surface area contributed by atoms with E-state index in [1.54, 1.807) is 0 Å². The van der Waals surface area contributed by atoms with Crippen LogP contribution in [0.15, 0.2) is 0 Å². The van der Waals surface area contributed by atoms with Crippen molar-refractivity contribution in [2.45, 2.75) is 72.9 Å². The third-order valence-electron chi connectivity index (χ3n) is 4.39.